The molecule has 59 heavy (non-hydrogen) atoms. The van der Waals surface area contributed by atoms with Gasteiger partial charge in [-0.3, -0.25) is 25.6 Å². The average molecular weight is 818 g/mol. The highest BCUT2D eigenvalue weighted by molar-refractivity contribution is 6.01. The first kappa shape index (κ1) is 45.5. The lowest BCUT2D eigenvalue weighted by Gasteiger charge is -2.45. The number of esters is 1. The second kappa shape index (κ2) is 19.5. The molecule has 4 amide bonds. The van der Waals surface area contributed by atoms with Crippen molar-refractivity contribution < 1.29 is 52.8 Å². The van der Waals surface area contributed by atoms with Crippen LogP contribution in [-0.4, -0.2) is 88.0 Å². The maximum Gasteiger partial charge on any atom is 0.414 e. The van der Waals surface area contributed by atoms with E-state index in [1.165, 1.54) is 0 Å². The summed E-state index contributed by atoms with van der Waals surface area (Å²) in [4.78, 5) is 73.6. The first-order valence-corrected chi connectivity index (χ1v) is 19.1. The highest BCUT2D eigenvalue weighted by Crippen LogP contribution is 2.32. The predicted octanol–water partition coefficient (Wildman–Crippen LogP) is 6.57. The maximum atomic E-state index is 14.6. The molecule has 0 bridgehead atoms. The van der Waals surface area contributed by atoms with Crippen LogP contribution in [0, 0.1) is 5.92 Å². The zero-order valence-electron chi connectivity index (χ0n) is 34.9. The van der Waals surface area contributed by atoms with Crippen molar-refractivity contribution in [3.63, 3.8) is 0 Å². The fraction of sp³-hybridized carbons (Fsp3) is 0.442. The van der Waals surface area contributed by atoms with Gasteiger partial charge in [0.1, 0.15) is 35.7 Å². The van der Waals surface area contributed by atoms with E-state index in [9.17, 15) is 29.1 Å². The van der Waals surface area contributed by atoms with E-state index >= 15 is 0 Å². The van der Waals surface area contributed by atoms with E-state index in [0.29, 0.717) is 16.7 Å². The van der Waals surface area contributed by atoms with Crippen LogP contribution < -0.4 is 16.0 Å². The zero-order valence-corrected chi connectivity index (χ0v) is 34.9. The Bertz CT molecular complexity index is 1850. The Morgan fingerprint density at radius 2 is 1.15 bits per heavy atom. The summed E-state index contributed by atoms with van der Waals surface area (Å²) in [6, 6.07) is 25.0. The minimum Gasteiger partial charge on any atom is -0.452 e. The van der Waals surface area contributed by atoms with Gasteiger partial charge in [0.25, 0.3) is 0 Å². The van der Waals surface area contributed by atoms with E-state index in [0.717, 1.165) is 4.90 Å². The summed E-state index contributed by atoms with van der Waals surface area (Å²) in [5.74, 6) is -3.01. The first-order chi connectivity index (χ1) is 27.6. The summed E-state index contributed by atoms with van der Waals surface area (Å²) < 4.78 is 28.1. The third-order valence-electron chi connectivity index (χ3n) is 8.18. The molecule has 318 valence electrons. The molecule has 16 heteroatoms. The number of nitrogens with zero attached hydrogens (tertiary/aromatic N) is 2. The Hall–Kier alpha value is -6.16. The standard InChI is InChI=1S/C43H55N5O11/c1-41(2,3)57-38(52)46-36(47-39(53)58-42(4,5)6)44-31-30(35(50)56-33(28-21-15-11-16-22-28)29-23-17-12-18-24-29)25-48(40(54)59-43(7,8)9)34(32(31)49)45-37(51)55-26-27-19-13-10-14-20-27/h10-24,30-34,49H,25-26H2,1-9H3,(H,45,51)(H2,44,46,47,52,53)/t30-,31+,32+,34+/m1/s1. The van der Waals surface area contributed by atoms with E-state index in [4.69, 9.17) is 23.7 Å². The van der Waals surface area contributed by atoms with Gasteiger partial charge in [-0.2, -0.15) is 0 Å². The largest absolute Gasteiger partial charge is 0.452 e. The average Bonchev–Trinajstić information content (AvgIpc) is 3.13. The molecule has 3 aromatic rings. The van der Waals surface area contributed by atoms with Gasteiger partial charge in [0, 0.05) is 6.54 Å². The van der Waals surface area contributed by atoms with Crippen LogP contribution in [0.3, 0.4) is 0 Å². The molecular formula is C43H55N5O11. The summed E-state index contributed by atoms with van der Waals surface area (Å²) in [5, 5.41) is 19.5. The number of rotatable bonds is 8. The topological polar surface area (TPSA) is 203 Å². The van der Waals surface area contributed by atoms with E-state index in [-0.39, 0.29) is 6.61 Å². The molecule has 0 spiro atoms. The quantitative estimate of drug-likeness (QED) is 0.0828. The molecule has 0 unspecified atom stereocenters. The number of carbonyl (C=O) groups excluding carboxylic acids is 5. The summed E-state index contributed by atoms with van der Waals surface area (Å²) in [5.41, 5.74) is -1.10. The minimum absolute atomic E-state index is 0.150. The summed E-state index contributed by atoms with van der Waals surface area (Å²) >= 11 is 0. The van der Waals surface area contributed by atoms with E-state index in [1.54, 1.807) is 141 Å². The normalized spacial score (nSPS) is 18.1. The van der Waals surface area contributed by atoms with Crippen molar-refractivity contribution in [2.24, 2.45) is 10.9 Å². The van der Waals surface area contributed by atoms with E-state index in [2.05, 4.69) is 20.9 Å². The van der Waals surface area contributed by atoms with Gasteiger partial charge in [0.15, 0.2) is 6.10 Å². The molecule has 0 radical (unpaired) electrons. The number of aliphatic hydroxyl groups is 1. The summed E-state index contributed by atoms with van der Waals surface area (Å²) in [6.45, 7) is 13.9. The Kier molecular flexibility index (Phi) is 15.1. The molecule has 4 N–H and O–H groups in total. The molecule has 1 aliphatic heterocycles. The second-order valence-electron chi connectivity index (χ2n) is 16.7. The van der Waals surface area contributed by atoms with E-state index in [1.807, 2.05) is 12.1 Å². The number of likely N-dealkylation sites (tertiary alicyclic amines) is 1. The van der Waals surface area contributed by atoms with Gasteiger partial charge in [0.2, 0.25) is 5.96 Å². The minimum atomic E-state index is -1.93. The van der Waals surface area contributed by atoms with Crippen LogP contribution in [-0.2, 0) is 35.1 Å². The fourth-order valence-corrected chi connectivity index (χ4v) is 5.81. The molecule has 16 nitrogen and oxygen atoms in total. The molecule has 1 aliphatic rings. The summed E-state index contributed by atoms with van der Waals surface area (Å²) in [7, 11) is 0. The monoisotopic (exact) mass is 817 g/mol. The van der Waals surface area contributed by atoms with Crippen molar-refractivity contribution in [2.45, 2.75) is 110 Å². The van der Waals surface area contributed by atoms with Gasteiger partial charge in [-0.1, -0.05) is 91.0 Å². The van der Waals surface area contributed by atoms with Crippen molar-refractivity contribution in [3.8, 4) is 0 Å². The smallest absolute Gasteiger partial charge is 0.414 e. The number of guanidine groups is 1. The molecule has 1 fully saturated rings. The Morgan fingerprint density at radius 3 is 1.61 bits per heavy atom. The lowest BCUT2D eigenvalue weighted by Crippen LogP contribution is -2.68. The maximum absolute atomic E-state index is 14.6. The predicted molar refractivity (Wildman–Crippen MR) is 217 cm³/mol. The molecule has 4 atom stereocenters. The van der Waals surface area contributed by atoms with Gasteiger partial charge in [-0.15, -0.1) is 0 Å². The number of carbonyl (C=O) groups is 5. The lowest BCUT2D eigenvalue weighted by atomic mass is 9.88. The zero-order chi connectivity index (χ0) is 43.5. The third kappa shape index (κ3) is 14.6. The van der Waals surface area contributed by atoms with Gasteiger partial charge >= 0.3 is 30.3 Å². The van der Waals surface area contributed by atoms with Crippen molar-refractivity contribution in [2.75, 3.05) is 6.54 Å². The number of amides is 4. The van der Waals surface area contributed by atoms with Crippen molar-refractivity contribution in [3.05, 3.63) is 108 Å². The van der Waals surface area contributed by atoms with E-state index < -0.39 is 90.0 Å². The van der Waals surface area contributed by atoms with Crippen LogP contribution in [0.4, 0.5) is 19.2 Å². The molecule has 0 aromatic heterocycles. The van der Waals surface area contributed by atoms with Crippen molar-refractivity contribution in [1.82, 2.24) is 20.9 Å². The number of ether oxygens (including phenoxy) is 5. The van der Waals surface area contributed by atoms with Crippen LogP contribution in [0.1, 0.15) is 85.1 Å². The molecule has 3 aromatic carbocycles. The molecule has 0 aliphatic carbocycles. The number of benzene rings is 3. The SMILES string of the molecule is CC(C)(C)OC(=O)NC(=N[C@@H]1[C@H](O)[C@@H](NC(=O)OCc2ccccc2)N(C(=O)OC(C)(C)C)C[C@H]1C(=O)OC(c1ccccc1)c1ccccc1)NC(=O)OC(C)(C)C. The molecule has 1 saturated heterocycles. The number of alkyl carbamates (subject to hydrolysis) is 3. The van der Waals surface area contributed by atoms with Gasteiger partial charge in [0.05, 0.1) is 12.0 Å². The van der Waals surface area contributed by atoms with Crippen LogP contribution >= 0.6 is 0 Å². The highest BCUT2D eigenvalue weighted by atomic mass is 16.6. The number of hydrogen-bond donors (Lipinski definition) is 4. The van der Waals surface area contributed by atoms with Gasteiger partial charge in [-0.25, -0.2) is 24.2 Å². The molecule has 0 saturated carbocycles. The van der Waals surface area contributed by atoms with Gasteiger partial charge < -0.3 is 28.8 Å². The van der Waals surface area contributed by atoms with Gasteiger partial charge in [-0.05, 0) is 79.0 Å². The number of aliphatic hydroxyl groups excluding tert-OH is 1. The van der Waals surface area contributed by atoms with Crippen molar-refractivity contribution >= 4 is 36.3 Å². The Balaban J connectivity index is 1.83. The molecule has 1 heterocycles. The highest BCUT2D eigenvalue weighted by Gasteiger charge is 2.51. The van der Waals surface area contributed by atoms with Crippen LogP contribution in [0.5, 0.6) is 0 Å². The Morgan fingerprint density at radius 1 is 0.695 bits per heavy atom. The molecule has 4 rings (SSSR count). The number of aliphatic imine (C=N–C) groups is 1. The van der Waals surface area contributed by atoms with Crippen LogP contribution in [0.2, 0.25) is 0 Å². The lowest BCUT2D eigenvalue weighted by molar-refractivity contribution is -0.159. The second-order valence-corrected chi connectivity index (χ2v) is 16.7. The number of hydrogen-bond acceptors (Lipinski definition) is 12. The fourth-order valence-electron chi connectivity index (χ4n) is 5.81. The van der Waals surface area contributed by atoms with Crippen LogP contribution in [0.25, 0.3) is 0 Å². The molecular weight excluding hydrogens is 762 g/mol. The Labute approximate surface area is 344 Å². The van der Waals surface area contributed by atoms with Crippen LogP contribution in [0.15, 0.2) is 96.0 Å². The third-order valence-corrected chi connectivity index (χ3v) is 8.18. The first-order valence-electron chi connectivity index (χ1n) is 19.1. The number of piperidine rings is 1. The van der Waals surface area contributed by atoms with Crippen molar-refractivity contribution in [1.29, 1.82) is 0 Å². The number of nitrogens with one attached hydrogen (secondary N) is 3. The summed E-state index contributed by atoms with van der Waals surface area (Å²) in [6.07, 6.45) is -8.62.